The van der Waals surface area contributed by atoms with Gasteiger partial charge in [-0.1, -0.05) is 28.1 Å². The molecule has 0 saturated heterocycles. The molecule has 0 aliphatic rings. The molecule has 2 N–H and O–H groups in total. The van der Waals surface area contributed by atoms with E-state index >= 15 is 0 Å². The lowest BCUT2D eigenvalue weighted by atomic mass is 10.1. The van der Waals surface area contributed by atoms with Crippen LogP contribution in [0.15, 0.2) is 41.3 Å². The number of nitrogens with zero attached hydrogens (tertiary/aromatic N) is 2. The molecule has 0 radical (unpaired) electrons. The maximum Gasteiger partial charge on any atom is 0.236 e. The predicted octanol–water partition coefficient (Wildman–Crippen LogP) is 2.03. The summed E-state index contributed by atoms with van der Waals surface area (Å²) in [7, 11) is 0. The van der Waals surface area contributed by atoms with E-state index in [4.69, 9.17) is 5.73 Å². The molecule has 1 aromatic carbocycles. The van der Waals surface area contributed by atoms with Crippen LogP contribution in [0.25, 0.3) is 0 Å². The van der Waals surface area contributed by atoms with Crippen LogP contribution in [0.4, 0.5) is 0 Å². The molecule has 2 aromatic rings. The SMILES string of the molecule is NCCc1cncn1C(=O)Cc1cccc(Br)c1. The van der Waals surface area contributed by atoms with Gasteiger partial charge in [0.25, 0.3) is 0 Å². The van der Waals surface area contributed by atoms with Gasteiger partial charge in [-0.15, -0.1) is 0 Å². The average molecular weight is 308 g/mol. The van der Waals surface area contributed by atoms with Crippen molar-refractivity contribution in [3.63, 3.8) is 0 Å². The summed E-state index contributed by atoms with van der Waals surface area (Å²) in [6, 6.07) is 7.73. The van der Waals surface area contributed by atoms with Gasteiger partial charge in [-0.25, -0.2) is 4.98 Å². The fourth-order valence-electron chi connectivity index (χ4n) is 1.79. The first kappa shape index (κ1) is 13.0. The molecule has 0 amide bonds. The zero-order valence-corrected chi connectivity index (χ0v) is 11.4. The summed E-state index contributed by atoms with van der Waals surface area (Å²) >= 11 is 3.39. The minimum Gasteiger partial charge on any atom is -0.330 e. The van der Waals surface area contributed by atoms with Crippen molar-refractivity contribution in [3.8, 4) is 0 Å². The minimum absolute atomic E-state index is 0.00838. The normalized spacial score (nSPS) is 10.6. The van der Waals surface area contributed by atoms with Gasteiger partial charge in [0.1, 0.15) is 6.33 Å². The smallest absolute Gasteiger partial charge is 0.236 e. The molecule has 18 heavy (non-hydrogen) atoms. The Morgan fingerprint density at radius 1 is 1.44 bits per heavy atom. The number of benzene rings is 1. The highest BCUT2D eigenvalue weighted by molar-refractivity contribution is 9.10. The molecule has 0 atom stereocenters. The van der Waals surface area contributed by atoms with Crippen molar-refractivity contribution < 1.29 is 4.79 Å². The Bertz CT molecular complexity index is 551. The van der Waals surface area contributed by atoms with Crippen LogP contribution in [-0.2, 0) is 12.8 Å². The molecular weight excluding hydrogens is 294 g/mol. The van der Waals surface area contributed by atoms with E-state index in [2.05, 4.69) is 20.9 Å². The van der Waals surface area contributed by atoms with E-state index in [9.17, 15) is 4.79 Å². The first-order valence-electron chi connectivity index (χ1n) is 5.69. The topological polar surface area (TPSA) is 60.9 Å². The van der Waals surface area contributed by atoms with Crippen LogP contribution in [0, 0.1) is 0 Å². The summed E-state index contributed by atoms with van der Waals surface area (Å²) in [5, 5.41) is 0. The van der Waals surface area contributed by atoms with Gasteiger partial charge in [-0.05, 0) is 24.2 Å². The summed E-state index contributed by atoms with van der Waals surface area (Å²) in [5.74, 6) is 0.00838. The Labute approximate surface area is 114 Å². The summed E-state index contributed by atoms with van der Waals surface area (Å²) in [4.78, 5) is 16.1. The van der Waals surface area contributed by atoms with Gasteiger partial charge in [-0.3, -0.25) is 9.36 Å². The van der Waals surface area contributed by atoms with E-state index < -0.39 is 0 Å². The summed E-state index contributed by atoms with van der Waals surface area (Å²) in [5.41, 5.74) is 7.34. The van der Waals surface area contributed by atoms with Gasteiger partial charge in [0.05, 0.1) is 6.42 Å². The Kier molecular flexibility index (Phi) is 4.28. The quantitative estimate of drug-likeness (QED) is 0.940. The van der Waals surface area contributed by atoms with Gasteiger partial charge in [0.15, 0.2) is 0 Å². The molecule has 0 spiro atoms. The maximum atomic E-state index is 12.1. The molecular formula is C13H14BrN3O. The number of hydrogen-bond acceptors (Lipinski definition) is 3. The van der Waals surface area contributed by atoms with Crippen molar-refractivity contribution in [1.29, 1.82) is 0 Å². The van der Waals surface area contributed by atoms with Gasteiger partial charge in [-0.2, -0.15) is 0 Å². The van der Waals surface area contributed by atoms with Crippen molar-refractivity contribution in [1.82, 2.24) is 9.55 Å². The molecule has 0 saturated carbocycles. The summed E-state index contributed by atoms with van der Waals surface area (Å²) in [6.45, 7) is 0.510. The first-order chi connectivity index (χ1) is 8.70. The molecule has 2 rings (SSSR count). The van der Waals surface area contributed by atoms with Crippen molar-refractivity contribution in [2.75, 3.05) is 6.54 Å². The summed E-state index contributed by atoms with van der Waals surface area (Å²) in [6.07, 6.45) is 4.24. The van der Waals surface area contributed by atoms with E-state index in [1.54, 1.807) is 17.1 Å². The molecule has 94 valence electrons. The van der Waals surface area contributed by atoms with Crippen LogP contribution in [0.1, 0.15) is 16.1 Å². The van der Waals surface area contributed by atoms with Crippen LogP contribution < -0.4 is 5.73 Å². The lowest BCUT2D eigenvalue weighted by molar-refractivity contribution is 0.0911. The monoisotopic (exact) mass is 307 g/mol. The van der Waals surface area contributed by atoms with Gasteiger partial charge < -0.3 is 5.73 Å². The molecule has 5 heteroatoms. The van der Waals surface area contributed by atoms with Crippen LogP contribution >= 0.6 is 15.9 Å². The first-order valence-corrected chi connectivity index (χ1v) is 6.49. The molecule has 0 aliphatic carbocycles. The number of imidazole rings is 1. The Hall–Kier alpha value is -1.46. The second-order valence-electron chi connectivity index (χ2n) is 3.99. The lowest BCUT2D eigenvalue weighted by Crippen LogP contribution is -2.17. The number of carbonyl (C=O) groups is 1. The van der Waals surface area contributed by atoms with Gasteiger partial charge in [0, 0.05) is 22.8 Å². The second-order valence-corrected chi connectivity index (χ2v) is 4.91. The average Bonchev–Trinajstić information content (AvgIpc) is 2.78. The fourth-order valence-corrected chi connectivity index (χ4v) is 2.23. The van der Waals surface area contributed by atoms with Crippen molar-refractivity contribution in [3.05, 3.63) is 52.5 Å². The number of aromatic nitrogens is 2. The van der Waals surface area contributed by atoms with E-state index in [1.165, 1.54) is 0 Å². The Morgan fingerprint density at radius 3 is 3.00 bits per heavy atom. The maximum absolute atomic E-state index is 12.1. The van der Waals surface area contributed by atoms with E-state index in [-0.39, 0.29) is 5.91 Å². The third-order valence-electron chi connectivity index (χ3n) is 2.63. The molecule has 0 bridgehead atoms. The van der Waals surface area contributed by atoms with Crippen molar-refractivity contribution in [2.45, 2.75) is 12.8 Å². The number of rotatable bonds is 4. The van der Waals surface area contributed by atoms with Crippen LogP contribution in [-0.4, -0.2) is 22.0 Å². The van der Waals surface area contributed by atoms with Crippen LogP contribution in [0.3, 0.4) is 0 Å². The van der Waals surface area contributed by atoms with Crippen LogP contribution in [0.2, 0.25) is 0 Å². The van der Waals surface area contributed by atoms with Crippen molar-refractivity contribution >= 4 is 21.8 Å². The molecule has 1 heterocycles. The molecule has 1 aromatic heterocycles. The van der Waals surface area contributed by atoms with Crippen molar-refractivity contribution in [2.24, 2.45) is 5.73 Å². The molecule has 0 unspecified atom stereocenters. The highest BCUT2D eigenvalue weighted by Gasteiger charge is 2.10. The minimum atomic E-state index is 0.00838. The van der Waals surface area contributed by atoms with Crippen LogP contribution in [0.5, 0.6) is 0 Å². The number of nitrogens with two attached hydrogens (primary N) is 1. The van der Waals surface area contributed by atoms with Gasteiger partial charge in [0.2, 0.25) is 5.91 Å². The molecule has 0 fully saturated rings. The predicted molar refractivity (Wildman–Crippen MR) is 73.5 cm³/mol. The Balaban J connectivity index is 2.14. The van der Waals surface area contributed by atoms with E-state index in [0.717, 1.165) is 15.7 Å². The largest absolute Gasteiger partial charge is 0.330 e. The zero-order valence-electron chi connectivity index (χ0n) is 9.84. The molecule has 0 aliphatic heterocycles. The van der Waals surface area contributed by atoms with E-state index in [1.807, 2.05) is 24.3 Å². The van der Waals surface area contributed by atoms with E-state index in [0.29, 0.717) is 19.4 Å². The number of hydrogen-bond donors (Lipinski definition) is 1. The second kappa shape index (κ2) is 5.93. The molecule has 4 nitrogen and oxygen atoms in total. The van der Waals surface area contributed by atoms with Gasteiger partial charge >= 0.3 is 0 Å². The standard InChI is InChI=1S/C13H14BrN3O/c14-11-3-1-2-10(6-11)7-13(18)17-9-16-8-12(17)4-5-15/h1-3,6,8-9H,4-5,7,15H2. The zero-order chi connectivity index (χ0) is 13.0. The number of carbonyl (C=O) groups excluding carboxylic acids is 1. The fraction of sp³-hybridized carbons (Fsp3) is 0.231. The highest BCUT2D eigenvalue weighted by Crippen LogP contribution is 2.13. The number of halogens is 1. The lowest BCUT2D eigenvalue weighted by Gasteiger charge is -2.06. The third kappa shape index (κ3) is 3.05. The Morgan fingerprint density at radius 2 is 2.28 bits per heavy atom. The highest BCUT2D eigenvalue weighted by atomic mass is 79.9. The third-order valence-corrected chi connectivity index (χ3v) is 3.12. The summed E-state index contributed by atoms with van der Waals surface area (Å²) < 4.78 is 2.55.